The van der Waals surface area contributed by atoms with Crippen LogP contribution in [0.15, 0.2) is 88.7 Å². The lowest BCUT2D eigenvalue weighted by Crippen LogP contribution is -2.13. The smallest absolute Gasteiger partial charge is 0.282 e. The molecule has 8 heteroatoms. The molecule has 2 N–H and O–H groups in total. The Morgan fingerprint density at radius 3 is 1.24 bits per heavy atom. The fourth-order valence-corrected chi connectivity index (χ4v) is 8.58. The summed E-state index contributed by atoms with van der Waals surface area (Å²) in [7, 11) is -9.63. The molecule has 0 atom stereocenters. The van der Waals surface area contributed by atoms with Gasteiger partial charge in [0.25, 0.3) is 20.2 Å². The number of rotatable bonds is 9. The highest BCUT2D eigenvalue weighted by Gasteiger charge is 2.28. The Labute approximate surface area is 291 Å². The van der Waals surface area contributed by atoms with Gasteiger partial charge in [0.15, 0.2) is 0 Å². The molecule has 0 spiro atoms. The molecule has 0 unspecified atom stereocenters. The zero-order chi connectivity index (χ0) is 36.0. The predicted molar refractivity (Wildman–Crippen MR) is 196 cm³/mol. The Bertz CT molecular complexity index is 2160. The minimum Gasteiger partial charge on any atom is -0.282 e. The molecule has 0 heterocycles. The van der Waals surface area contributed by atoms with Crippen LogP contribution in [0.2, 0.25) is 0 Å². The fourth-order valence-electron chi connectivity index (χ4n) is 7.24. The Morgan fingerprint density at radius 1 is 0.490 bits per heavy atom. The average Bonchev–Trinajstić information content (AvgIpc) is 2.97. The molecule has 0 aliphatic carbocycles. The second-order valence-electron chi connectivity index (χ2n) is 13.6. The molecule has 0 saturated heterocycles. The first-order valence-electron chi connectivity index (χ1n) is 16.2. The van der Waals surface area contributed by atoms with E-state index in [4.69, 9.17) is 0 Å². The monoisotopic (exact) mass is 696 g/mol. The second-order valence-corrected chi connectivity index (χ2v) is 16.4. The van der Waals surface area contributed by atoms with Crippen molar-refractivity contribution in [2.45, 2.75) is 83.9 Å². The molecule has 0 aromatic heterocycles. The summed E-state index contributed by atoms with van der Waals surface area (Å²) in [5.41, 5.74) is 15.9. The standard InChI is InChI=1S/C41H44O6S2/c1-24-15-28(5)38(29(6)16-24)21-32-9-11-34(19-26(32)3)41(37-14-13-36(48(42,43)44)23-40(37)49(45,46)47)35-12-10-33(27(4)20-35)22-39-30(7)17-25(2)18-31(39)8/h9-20,23,41H,21-22H2,1-8H3,(H,42,43,44)(H,45,46,47). The van der Waals surface area contributed by atoms with Crippen molar-refractivity contribution in [2.75, 3.05) is 0 Å². The van der Waals surface area contributed by atoms with Crippen LogP contribution in [0.1, 0.15) is 89.4 Å². The van der Waals surface area contributed by atoms with Crippen LogP contribution in [0.3, 0.4) is 0 Å². The van der Waals surface area contributed by atoms with E-state index in [2.05, 4.69) is 77.9 Å². The van der Waals surface area contributed by atoms with Gasteiger partial charge in [-0.3, -0.25) is 9.11 Å². The van der Waals surface area contributed by atoms with Gasteiger partial charge in [0.05, 0.1) is 9.79 Å². The summed E-state index contributed by atoms with van der Waals surface area (Å²) in [5, 5.41) is 0. The molecule has 5 rings (SSSR count). The van der Waals surface area contributed by atoms with Gasteiger partial charge in [0.1, 0.15) is 0 Å². The minimum absolute atomic E-state index is 0.199. The van der Waals surface area contributed by atoms with E-state index in [9.17, 15) is 25.9 Å². The summed E-state index contributed by atoms with van der Waals surface area (Å²) in [6.45, 7) is 16.7. The largest absolute Gasteiger partial charge is 0.294 e. The Morgan fingerprint density at radius 2 is 0.898 bits per heavy atom. The number of hydrogen-bond donors (Lipinski definition) is 2. The van der Waals surface area contributed by atoms with Crippen molar-refractivity contribution in [1.29, 1.82) is 0 Å². The van der Waals surface area contributed by atoms with Gasteiger partial charge in [0.2, 0.25) is 0 Å². The van der Waals surface area contributed by atoms with E-state index in [-0.39, 0.29) is 5.56 Å². The molecule has 0 bridgehead atoms. The van der Waals surface area contributed by atoms with E-state index in [1.165, 1.54) is 56.6 Å². The molecule has 0 fully saturated rings. The quantitative estimate of drug-likeness (QED) is 0.118. The van der Waals surface area contributed by atoms with Crippen molar-refractivity contribution in [2.24, 2.45) is 0 Å². The van der Waals surface area contributed by atoms with Gasteiger partial charge < -0.3 is 0 Å². The maximum Gasteiger partial charge on any atom is 0.294 e. The first-order valence-corrected chi connectivity index (χ1v) is 19.1. The van der Waals surface area contributed by atoms with Crippen LogP contribution in [0, 0.1) is 55.4 Å². The van der Waals surface area contributed by atoms with Crippen LogP contribution in [0.25, 0.3) is 0 Å². The van der Waals surface area contributed by atoms with Crippen molar-refractivity contribution in [3.8, 4) is 0 Å². The van der Waals surface area contributed by atoms with E-state index in [1.807, 2.05) is 38.1 Å². The van der Waals surface area contributed by atoms with Crippen molar-refractivity contribution in [3.05, 3.63) is 162 Å². The maximum atomic E-state index is 12.8. The second kappa shape index (κ2) is 13.7. The van der Waals surface area contributed by atoms with E-state index in [0.29, 0.717) is 0 Å². The fraction of sp³-hybridized carbons (Fsp3) is 0.268. The lowest BCUT2D eigenvalue weighted by atomic mass is 9.82. The minimum atomic E-state index is -4.90. The highest BCUT2D eigenvalue weighted by Crippen LogP contribution is 2.39. The van der Waals surface area contributed by atoms with Crippen molar-refractivity contribution in [1.82, 2.24) is 0 Å². The predicted octanol–water partition coefficient (Wildman–Crippen LogP) is 9.01. The van der Waals surface area contributed by atoms with E-state index < -0.39 is 35.9 Å². The third kappa shape index (κ3) is 7.89. The lowest BCUT2D eigenvalue weighted by Gasteiger charge is -2.24. The third-order valence-electron chi connectivity index (χ3n) is 9.69. The van der Waals surface area contributed by atoms with Crippen LogP contribution >= 0.6 is 0 Å². The van der Waals surface area contributed by atoms with Gasteiger partial charge in [-0.1, -0.05) is 77.9 Å². The van der Waals surface area contributed by atoms with E-state index in [1.54, 1.807) is 0 Å². The van der Waals surface area contributed by atoms with Crippen molar-refractivity contribution in [3.63, 3.8) is 0 Å². The summed E-state index contributed by atoms with van der Waals surface area (Å²) >= 11 is 0. The first-order chi connectivity index (χ1) is 22.8. The Balaban J connectivity index is 1.67. The zero-order valence-electron chi connectivity index (χ0n) is 29.3. The Kier molecular flexibility index (Phi) is 10.1. The summed E-state index contributed by atoms with van der Waals surface area (Å²) in [4.78, 5) is -1.19. The van der Waals surface area contributed by atoms with Gasteiger partial charge in [-0.2, -0.15) is 16.8 Å². The topological polar surface area (TPSA) is 109 Å². The van der Waals surface area contributed by atoms with Crippen molar-refractivity contribution < 1.29 is 25.9 Å². The molecule has 5 aromatic carbocycles. The van der Waals surface area contributed by atoms with Gasteiger partial charge in [0, 0.05) is 5.92 Å². The van der Waals surface area contributed by atoms with Gasteiger partial charge in [-0.05, 0) is 153 Å². The molecular formula is C41H44O6S2. The van der Waals surface area contributed by atoms with Crippen LogP contribution in [-0.2, 0) is 33.1 Å². The highest BCUT2D eigenvalue weighted by atomic mass is 32.2. The van der Waals surface area contributed by atoms with Gasteiger partial charge in [-0.15, -0.1) is 0 Å². The van der Waals surface area contributed by atoms with Crippen LogP contribution in [0.4, 0.5) is 0 Å². The summed E-state index contributed by atoms with van der Waals surface area (Å²) < 4.78 is 69.7. The van der Waals surface area contributed by atoms with E-state index in [0.717, 1.165) is 52.3 Å². The molecule has 5 aromatic rings. The van der Waals surface area contributed by atoms with Crippen molar-refractivity contribution >= 4 is 20.2 Å². The molecule has 6 nitrogen and oxygen atoms in total. The van der Waals surface area contributed by atoms with Gasteiger partial charge >= 0.3 is 0 Å². The third-order valence-corrected chi connectivity index (χ3v) is 11.4. The van der Waals surface area contributed by atoms with Crippen LogP contribution in [0.5, 0.6) is 0 Å². The SMILES string of the molecule is Cc1cc(C)c(Cc2ccc(C(c3ccc(Cc4c(C)cc(C)cc4C)c(C)c3)c3ccc(S(=O)(=O)O)cc3S(=O)(=O)O)cc2C)c(C)c1. The first kappa shape index (κ1) is 36.2. The molecule has 0 saturated carbocycles. The molecule has 0 radical (unpaired) electrons. The molecule has 0 aliphatic heterocycles. The molecule has 49 heavy (non-hydrogen) atoms. The molecule has 0 aliphatic rings. The molecule has 256 valence electrons. The number of hydrogen-bond acceptors (Lipinski definition) is 4. The summed E-state index contributed by atoms with van der Waals surface area (Å²) in [6, 6.07) is 24.2. The maximum absolute atomic E-state index is 12.8. The number of aryl methyl sites for hydroxylation is 8. The van der Waals surface area contributed by atoms with Crippen LogP contribution < -0.4 is 0 Å². The van der Waals surface area contributed by atoms with Gasteiger partial charge in [-0.25, -0.2) is 0 Å². The summed E-state index contributed by atoms with van der Waals surface area (Å²) in [5.74, 6) is -0.682. The molecular weight excluding hydrogens is 653 g/mol. The average molecular weight is 697 g/mol. The number of benzene rings is 5. The van der Waals surface area contributed by atoms with E-state index >= 15 is 0 Å². The summed E-state index contributed by atoms with van der Waals surface area (Å²) in [6.07, 6.45) is 1.47. The Hall–Kier alpha value is -4.08. The van der Waals surface area contributed by atoms with Crippen LogP contribution in [-0.4, -0.2) is 25.9 Å². The zero-order valence-corrected chi connectivity index (χ0v) is 31.0. The highest BCUT2D eigenvalue weighted by molar-refractivity contribution is 7.86. The normalized spacial score (nSPS) is 12.1. The lowest BCUT2D eigenvalue weighted by molar-refractivity contribution is 0.480. The molecule has 0 amide bonds.